The van der Waals surface area contributed by atoms with Gasteiger partial charge in [-0.1, -0.05) is 0 Å². The normalized spacial score (nSPS) is 19.7. The van der Waals surface area contributed by atoms with Crippen LogP contribution < -0.4 is 10.6 Å². The number of hydrogen-bond donors (Lipinski definition) is 2. The maximum Gasteiger partial charge on any atom is 0.251 e. The van der Waals surface area contributed by atoms with Crippen LogP contribution in [0.2, 0.25) is 0 Å². The van der Waals surface area contributed by atoms with E-state index in [4.69, 9.17) is 5.26 Å². The zero-order valence-corrected chi connectivity index (χ0v) is 16.1. The highest BCUT2D eigenvalue weighted by atomic mass is 32.2. The fourth-order valence-corrected chi connectivity index (χ4v) is 3.61. The Hall–Kier alpha value is -2.04. The SMILES string of the molecule is CCNC(=O)[C@@H]1C[C@@H](NC(=O)c2ccc(C#N)cc2)CN1CCCSC. The van der Waals surface area contributed by atoms with Crippen LogP contribution in [0, 0.1) is 11.3 Å². The lowest BCUT2D eigenvalue weighted by Crippen LogP contribution is -2.43. The molecule has 26 heavy (non-hydrogen) atoms. The van der Waals surface area contributed by atoms with Crippen LogP contribution >= 0.6 is 11.8 Å². The molecule has 0 bridgehead atoms. The lowest BCUT2D eigenvalue weighted by atomic mass is 10.1. The van der Waals surface area contributed by atoms with E-state index in [2.05, 4.69) is 21.8 Å². The van der Waals surface area contributed by atoms with Gasteiger partial charge in [0.25, 0.3) is 5.91 Å². The van der Waals surface area contributed by atoms with E-state index < -0.39 is 0 Å². The number of hydrogen-bond acceptors (Lipinski definition) is 5. The molecule has 0 unspecified atom stereocenters. The number of likely N-dealkylation sites (tertiary alicyclic amines) is 1. The Bertz CT molecular complexity index is 656. The van der Waals surface area contributed by atoms with Gasteiger partial charge >= 0.3 is 0 Å². The topological polar surface area (TPSA) is 85.2 Å². The summed E-state index contributed by atoms with van der Waals surface area (Å²) in [5.41, 5.74) is 1.05. The van der Waals surface area contributed by atoms with Gasteiger partial charge in [0.1, 0.15) is 0 Å². The standard InChI is InChI=1S/C19H26N4O2S/c1-3-21-19(25)17-11-16(13-23(17)9-4-10-26-2)22-18(24)15-7-5-14(12-20)6-8-15/h5-8,16-17H,3-4,9-11,13H2,1-2H3,(H,21,25)(H,22,24)/t16-,17+/m1/s1. The molecule has 0 saturated carbocycles. The monoisotopic (exact) mass is 374 g/mol. The number of nitrogens with zero attached hydrogens (tertiary/aromatic N) is 2. The van der Waals surface area contributed by atoms with Crippen molar-refractivity contribution >= 4 is 23.6 Å². The summed E-state index contributed by atoms with van der Waals surface area (Å²) >= 11 is 1.80. The molecule has 7 heteroatoms. The second kappa shape index (κ2) is 10.2. The number of likely N-dealkylation sites (N-methyl/N-ethyl adjacent to an activating group) is 1. The van der Waals surface area contributed by atoms with Crippen LogP contribution in [0.5, 0.6) is 0 Å². The quantitative estimate of drug-likeness (QED) is 0.676. The Balaban J connectivity index is 1.98. The number of benzene rings is 1. The molecule has 1 heterocycles. The third kappa shape index (κ3) is 5.48. The fourth-order valence-electron chi connectivity index (χ4n) is 3.20. The van der Waals surface area contributed by atoms with Crippen molar-refractivity contribution in [3.8, 4) is 6.07 Å². The van der Waals surface area contributed by atoms with E-state index in [1.54, 1.807) is 36.0 Å². The van der Waals surface area contributed by atoms with Gasteiger partial charge in [0.15, 0.2) is 0 Å². The van der Waals surface area contributed by atoms with E-state index in [0.29, 0.717) is 30.6 Å². The Kier molecular flexibility index (Phi) is 7.95. The van der Waals surface area contributed by atoms with Crippen LogP contribution in [-0.2, 0) is 4.79 Å². The summed E-state index contributed by atoms with van der Waals surface area (Å²) in [5.74, 6) is 0.924. The van der Waals surface area contributed by atoms with Crippen molar-refractivity contribution in [3.05, 3.63) is 35.4 Å². The highest BCUT2D eigenvalue weighted by molar-refractivity contribution is 7.98. The summed E-state index contributed by atoms with van der Waals surface area (Å²) in [4.78, 5) is 27.0. The molecule has 6 nitrogen and oxygen atoms in total. The van der Waals surface area contributed by atoms with E-state index in [9.17, 15) is 9.59 Å². The number of carbonyl (C=O) groups excluding carboxylic acids is 2. The van der Waals surface area contributed by atoms with Crippen molar-refractivity contribution in [3.63, 3.8) is 0 Å². The van der Waals surface area contributed by atoms with Crippen molar-refractivity contribution in [2.75, 3.05) is 31.6 Å². The average Bonchev–Trinajstić information content (AvgIpc) is 3.05. The Morgan fingerprint density at radius 2 is 2.08 bits per heavy atom. The number of carbonyl (C=O) groups is 2. The molecular formula is C19H26N4O2S. The molecule has 0 aromatic heterocycles. The van der Waals surface area contributed by atoms with Gasteiger partial charge in [-0.25, -0.2) is 0 Å². The first-order valence-electron chi connectivity index (χ1n) is 8.90. The Morgan fingerprint density at radius 3 is 2.69 bits per heavy atom. The predicted octanol–water partition coefficient (Wildman–Crippen LogP) is 1.62. The Morgan fingerprint density at radius 1 is 1.35 bits per heavy atom. The van der Waals surface area contributed by atoms with E-state index in [-0.39, 0.29) is 23.9 Å². The van der Waals surface area contributed by atoms with Crippen LogP contribution in [0.15, 0.2) is 24.3 Å². The molecule has 0 spiro atoms. The van der Waals surface area contributed by atoms with Crippen LogP contribution in [0.1, 0.15) is 35.7 Å². The number of rotatable bonds is 8. The zero-order valence-electron chi connectivity index (χ0n) is 15.3. The molecule has 1 aromatic rings. The van der Waals surface area contributed by atoms with Crippen LogP contribution in [0.25, 0.3) is 0 Å². The fraction of sp³-hybridized carbons (Fsp3) is 0.526. The van der Waals surface area contributed by atoms with E-state index >= 15 is 0 Å². The first-order chi connectivity index (χ1) is 12.6. The molecule has 0 radical (unpaired) electrons. The van der Waals surface area contributed by atoms with Crippen LogP contribution in [-0.4, -0.2) is 60.4 Å². The van der Waals surface area contributed by atoms with Crippen LogP contribution in [0.3, 0.4) is 0 Å². The molecule has 2 amide bonds. The van der Waals surface area contributed by atoms with Gasteiger partial charge in [-0.3, -0.25) is 14.5 Å². The number of thioether (sulfide) groups is 1. The van der Waals surface area contributed by atoms with Crippen LogP contribution in [0.4, 0.5) is 0 Å². The molecule has 0 aliphatic carbocycles. The summed E-state index contributed by atoms with van der Waals surface area (Å²) < 4.78 is 0. The van der Waals surface area contributed by atoms with Gasteiger partial charge in [0.05, 0.1) is 17.7 Å². The smallest absolute Gasteiger partial charge is 0.251 e. The lowest BCUT2D eigenvalue weighted by Gasteiger charge is -2.22. The first-order valence-corrected chi connectivity index (χ1v) is 10.3. The van der Waals surface area contributed by atoms with Crippen molar-refractivity contribution in [1.82, 2.24) is 15.5 Å². The zero-order chi connectivity index (χ0) is 18.9. The minimum Gasteiger partial charge on any atom is -0.355 e. The molecule has 1 aliphatic rings. The molecule has 1 fully saturated rings. The molecule has 1 aromatic carbocycles. The van der Waals surface area contributed by atoms with Gasteiger partial charge in [-0.15, -0.1) is 0 Å². The second-order valence-corrected chi connectivity index (χ2v) is 7.33. The van der Waals surface area contributed by atoms with Crippen molar-refractivity contribution in [2.45, 2.75) is 31.8 Å². The van der Waals surface area contributed by atoms with Gasteiger partial charge in [-0.05, 0) is 62.6 Å². The second-order valence-electron chi connectivity index (χ2n) is 6.35. The highest BCUT2D eigenvalue weighted by Crippen LogP contribution is 2.19. The molecular weight excluding hydrogens is 348 g/mol. The Labute approximate surface area is 159 Å². The predicted molar refractivity (Wildman–Crippen MR) is 104 cm³/mol. The third-order valence-electron chi connectivity index (χ3n) is 4.46. The van der Waals surface area contributed by atoms with Gasteiger partial charge in [0.2, 0.25) is 5.91 Å². The van der Waals surface area contributed by atoms with Gasteiger partial charge in [-0.2, -0.15) is 17.0 Å². The molecule has 2 N–H and O–H groups in total. The molecule has 1 aliphatic heterocycles. The average molecular weight is 375 g/mol. The third-order valence-corrected chi connectivity index (χ3v) is 5.16. The summed E-state index contributed by atoms with van der Waals surface area (Å²) in [6, 6.07) is 8.37. The number of amides is 2. The highest BCUT2D eigenvalue weighted by Gasteiger charge is 2.36. The maximum absolute atomic E-state index is 12.5. The van der Waals surface area contributed by atoms with E-state index in [1.165, 1.54) is 0 Å². The van der Waals surface area contributed by atoms with E-state index in [1.807, 2.05) is 13.0 Å². The number of nitrogens with one attached hydrogen (secondary N) is 2. The summed E-state index contributed by atoms with van der Waals surface area (Å²) in [7, 11) is 0. The molecule has 140 valence electrons. The van der Waals surface area contributed by atoms with Crippen molar-refractivity contribution in [2.24, 2.45) is 0 Å². The van der Waals surface area contributed by atoms with Gasteiger partial charge in [0, 0.05) is 24.7 Å². The van der Waals surface area contributed by atoms with Gasteiger partial charge < -0.3 is 10.6 Å². The molecule has 2 atom stereocenters. The summed E-state index contributed by atoms with van der Waals surface area (Å²) in [6.45, 7) is 4.05. The largest absolute Gasteiger partial charge is 0.355 e. The lowest BCUT2D eigenvalue weighted by molar-refractivity contribution is -0.125. The summed E-state index contributed by atoms with van der Waals surface area (Å²) in [6.07, 6.45) is 3.71. The maximum atomic E-state index is 12.5. The molecule has 2 rings (SSSR count). The number of nitriles is 1. The van der Waals surface area contributed by atoms with Crippen molar-refractivity contribution in [1.29, 1.82) is 5.26 Å². The minimum absolute atomic E-state index is 0.0340. The minimum atomic E-state index is -0.192. The first kappa shape index (κ1) is 20.3. The molecule has 1 saturated heterocycles. The van der Waals surface area contributed by atoms with Crippen molar-refractivity contribution < 1.29 is 9.59 Å². The van der Waals surface area contributed by atoms with E-state index in [0.717, 1.165) is 18.7 Å². The summed E-state index contributed by atoms with van der Waals surface area (Å²) in [5, 5.41) is 14.8.